The minimum atomic E-state index is -0.752. The Labute approximate surface area is 189 Å². The van der Waals surface area contributed by atoms with E-state index in [1.54, 1.807) is 17.0 Å². The number of pyridine rings is 1. The molecule has 3 N–H and O–H groups in total. The first kappa shape index (κ1) is 20.8. The van der Waals surface area contributed by atoms with Gasteiger partial charge in [-0.1, -0.05) is 36.4 Å². The number of rotatable bonds is 4. The molecule has 0 radical (unpaired) electrons. The first-order chi connectivity index (χ1) is 16.1. The molecule has 1 aliphatic heterocycles. The normalized spacial score (nSPS) is 14.3. The molecule has 3 heterocycles. The van der Waals surface area contributed by atoms with E-state index in [1.807, 2.05) is 42.5 Å². The number of phenolic OH excluding ortho intramolecular Hbond substituents is 1. The first-order valence-electron chi connectivity index (χ1n) is 10.7. The third-order valence-electron chi connectivity index (χ3n) is 5.67. The van der Waals surface area contributed by atoms with Crippen LogP contribution in [0.15, 0.2) is 54.6 Å². The molecule has 1 amide bonds. The van der Waals surface area contributed by atoms with Crippen LogP contribution in [0, 0.1) is 5.82 Å². The highest BCUT2D eigenvalue weighted by molar-refractivity contribution is 6.09. The van der Waals surface area contributed by atoms with E-state index in [9.17, 15) is 14.3 Å². The Balaban J connectivity index is 1.64. The van der Waals surface area contributed by atoms with Crippen LogP contribution in [0.3, 0.4) is 0 Å². The number of fused-ring (bicyclic) bond motifs is 1. The van der Waals surface area contributed by atoms with Crippen LogP contribution < -0.4 is 5.32 Å². The van der Waals surface area contributed by atoms with Crippen LogP contribution in [0.2, 0.25) is 0 Å². The smallest absolute Gasteiger partial charge is 0.254 e. The lowest BCUT2D eigenvalue weighted by molar-refractivity contribution is 0.0737. The van der Waals surface area contributed by atoms with Crippen LogP contribution in [-0.2, 0) is 0 Å². The predicted molar refractivity (Wildman–Crippen MR) is 125 cm³/mol. The number of aromatic hydroxyl groups is 1. The topological polar surface area (TPSA) is 94.1 Å². The molecule has 0 spiro atoms. The first-order valence-corrected chi connectivity index (χ1v) is 10.7. The Kier molecular flexibility index (Phi) is 5.58. The van der Waals surface area contributed by atoms with Crippen LogP contribution >= 0.6 is 0 Å². The van der Waals surface area contributed by atoms with Gasteiger partial charge in [0.1, 0.15) is 0 Å². The standard InChI is InChI=1S/C25H22FN5O2/c26-19-14-17(7-9-22(19)32)21-15-18(25(33)31-12-10-27-11-13-31)23-20(29-30-24(23)28-21)8-6-16-4-2-1-3-5-16/h1-9,14-15,27,32H,10-13H2,(H,28,29,30)/b8-6+. The molecule has 4 aromatic rings. The van der Waals surface area contributed by atoms with Crippen LogP contribution in [0.1, 0.15) is 21.6 Å². The quantitative estimate of drug-likeness (QED) is 0.447. The number of benzene rings is 2. The van der Waals surface area contributed by atoms with Gasteiger partial charge in [-0.3, -0.25) is 9.89 Å². The van der Waals surface area contributed by atoms with Crippen molar-refractivity contribution in [3.63, 3.8) is 0 Å². The molecule has 1 saturated heterocycles. The van der Waals surface area contributed by atoms with Crippen LogP contribution in [0.25, 0.3) is 34.4 Å². The van der Waals surface area contributed by atoms with Gasteiger partial charge in [0.05, 0.1) is 22.3 Å². The number of aromatic nitrogens is 3. The van der Waals surface area contributed by atoms with Crippen molar-refractivity contribution in [3.05, 3.63) is 77.2 Å². The molecule has 0 atom stereocenters. The average molecular weight is 443 g/mol. The zero-order chi connectivity index (χ0) is 22.8. The number of amides is 1. The average Bonchev–Trinajstić information content (AvgIpc) is 3.27. The van der Waals surface area contributed by atoms with E-state index in [2.05, 4.69) is 20.5 Å². The summed E-state index contributed by atoms with van der Waals surface area (Å²) in [7, 11) is 0. The minimum Gasteiger partial charge on any atom is -0.505 e. The summed E-state index contributed by atoms with van der Waals surface area (Å²) in [6.07, 6.45) is 3.82. The molecule has 0 bridgehead atoms. The molecular formula is C25H22FN5O2. The lowest BCUT2D eigenvalue weighted by Gasteiger charge is -2.27. The Bertz CT molecular complexity index is 1340. The SMILES string of the molecule is O=C(c1cc(-c2ccc(O)c(F)c2)nc2n[nH]c(/C=C/c3ccccc3)c12)N1CCNCC1. The van der Waals surface area contributed by atoms with Crippen molar-refractivity contribution in [2.75, 3.05) is 26.2 Å². The summed E-state index contributed by atoms with van der Waals surface area (Å²) in [5, 5.41) is 20.7. The molecule has 1 fully saturated rings. The molecule has 1 aliphatic rings. The highest BCUT2D eigenvalue weighted by atomic mass is 19.1. The highest BCUT2D eigenvalue weighted by Gasteiger charge is 2.24. The number of phenols is 1. The van der Waals surface area contributed by atoms with Crippen molar-refractivity contribution < 1.29 is 14.3 Å². The second kappa shape index (κ2) is 8.84. The van der Waals surface area contributed by atoms with E-state index in [-0.39, 0.29) is 5.91 Å². The molecule has 166 valence electrons. The number of hydrogen-bond donors (Lipinski definition) is 3. The van der Waals surface area contributed by atoms with Gasteiger partial charge < -0.3 is 15.3 Å². The Morgan fingerprint density at radius 1 is 1.06 bits per heavy atom. The van der Waals surface area contributed by atoms with Crippen LogP contribution in [-0.4, -0.2) is 57.3 Å². The van der Waals surface area contributed by atoms with Gasteiger partial charge in [0, 0.05) is 31.7 Å². The molecule has 0 aliphatic carbocycles. The van der Waals surface area contributed by atoms with Crippen LogP contribution in [0.5, 0.6) is 5.75 Å². The fourth-order valence-electron chi connectivity index (χ4n) is 3.93. The van der Waals surface area contributed by atoms with E-state index in [1.165, 1.54) is 12.1 Å². The molecule has 0 saturated carbocycles. The van der Waals surface area contributed by atoms with Gasteiger partial charge in [-0.15, -0.1) is 0 Å². The molecule has 7 nitrogen and oxygen atoms in total. The van der Waals surface area contributed by atoms with Gasteiger partial charge in [0.15, 0.2) is 17.2 Å². The summed E-state index contributed by atoms with van der Waals surface area (Å²) in [5.41, 5.74) is 3.36. The van der Waals surface area contributed by atoms with Crippen molar-refractivity contribution in [1.29, 1.82) is 0 Å². The van der Waals surface area contributed by atoms with Gasteiger partial charge in [0.25, 0.3) is 5.91 Å². The monoisotopic (exact) mass is 443 g/mol. The number of piperazine rings is 1. The second-order valence-electron chi connectivity index (χ2n) is 7.84. The number of carbonyl (C=O) groups excluding carboxylic acids is 1. The summed E-state index contributed by atoms with van der Waals surface area (Å²) in [4.78, 5) is 19.9. The van der Waals surface area contributed by atoms with E-state index < -0.39 is 11.6 Å². The third kappa shape index (κ3) is 4.20. The number of nitrogens with zero attached hydrogens (tertiary/aromatic N) is 3. The van der Waals surface area contributed by atoms with Gasteiger partial charge in [-0.05, 0) is 35.9 Å². The number of aromatic amines is 1. The maximum atomic E-state index is 14.0. The Morgan fingerprint density at radius 3 is 2.61 bits per heavy atom. The lowest BCUT2D eigenvalue weighted by Crippen LogP contribution is -2.46. The van der Waals surface area contributed by atoms with E-state index in [0.29, 0.717) is 46.6 Å². The molecule has 2 aromatic heterocycles. The predicted octanol–water partition coefficient (Wildman–Crippen LogP) is 3.69. The number of carbonyl (C=O) groups is 1. The van der Waals surface area contributed by atoms with Crippen molar-refractivity contribution in [1.82, 2.24) is 25.4 Å². The zero-order valence-corrected chi connectivity index (χ0v) is 17.8. The maximum Gasteiger partial charge on any atom is 0.254 e. The van der Waals surface area contributed by atoms with Crippen molar-refractivity contribution in [3.8, 4) is 17.0 Å². The summed E-state index contributed by atoms with van der Waals surface area (Å²) in [5.74, 6) is -1.32. The summed E-state index contributed by atoms with van der Waals surface area (Å²) < 4.78 is 14.0. The molecule has 33 heavy (non-hydrogen) atoms. The van der Waals surface area contributed by atoms with Gasteiger partial charge >= 0.3 is 0 Å². The Morgan fingerprint density at radius 2 is 1.85 bits per heavy atom. The molecule has 8 heteroatoms. The molecular weight excluding hydrogens is 421 g/mol. The van der Waals surface area contributed by atoms with Crippen molar-refractivity contribution in [2.24, 2.45) is 0 Å². The van der Waals surface area contributed by atoms with Gasteiger partial charge in [-0.2, -0.15) is 5.10 Å². The fraction of sp³-hybridized carbons (Fsp3) is 0.160. The van der Waals surface area contributed by atoms with Gasteiger partial charge in [-0.25, -0.2) is 9.37 Å². The summed E-state index contributed by atoms with van der Waals surface area (Å²) in [6.45, 7) is 2.64. The number of H-pyrrole nitrogens is 1. The number of nitrogens with one attached hydrogen (secondary N) is 2. The maximum absolute atomic E-state index is 14.0. The Hall–Kier alpha value is -4.04. The largest absolute Gasteiger partial charge is 0.505 e. The van der Waals surface area contributed by atoms with Gasteiger partial charge in [0.2, 0.25) is 0 Å². The third-order valence-corrected chi connectivity index (χ3v) is 5.67. The van der Waals surface area contributed by atoms with E-state index in [0.717, 1.165) is 18.7 Å². The lowest BCUT2D eigenvalue weighted by atomic mass is 10.0. The fourth-order valence-corrected chi connectivity index (χ4v) is 3.93. The van der Waals surface area contributed by atoms with E-state index >= 15 is 0 Å². The number of halogens is 1. The van der Waals surface area contributed by atoms with Crippen LogP contribution in [0.4, 0.5) is 4.39 Å². The molecule has 5 rings (SSSR count). The summed E-state index contributed by atoms with van der Waals surface area (Å²) in [6, 6.07) is 15.5. The second-order valence-corrected chi connectivity index (χ2v) is 7.84. The molecule has 2 aromatic carbocycles. The molecule has 0 unspecified atom stereocenters. The van der Waals surface area contributed by atoms with E-state index in [4.69, 9.17) is 0 Å². The zero-order valence-electron chi connectivity index (χ0n) is 17.8. The summed E-state index contributed by atoms with van der Waals surface area (Å²) >= 11 is 0. The number of hydrogen-bond acceptors (Lipinski definition) is 5. The highest BCUT2D eigenvalue weighted by Crippen LogP contribution is 2.30. The minimum absolute atomic E-state index is 0.125. The van der Waals surface area contributed by atoms with Crippen molar-refractivity contribution in [2.45, 2.75) is 0 Å². The van der Waals surface area contributed by atoms with Crippen molar-refractivity contribution >= 4 is 29.1 Å².